The number of para-hydroxylation sites is 1. The molecule has 2 aromatic carbocycles. The summed E-state index contributed by atoms with van der Waals surface area (Å²) in [6.07, 6.45) is 3.03. The molecule has 0 atom stereocenters. The van der Waals surface area contributed by atoms with Crippen LogP contribution in [-0.2, 0) is 9.59 Å². The summed E-state index contributed by atoms with van der Waals surface area (Å²) in [6, 6.07) is 14.0. The van der Waals surface area contributed by atoms with Gasteiger partial charge in [0.05, 0.1) is 11.3 Å². The lowest BCUT2D eigenvalue weighted by Crippen LogP contribution is -2.40. The van der Waals surface area contributed by atoms with E-state index in [0.717, 1.165) is 12.8 Å². The van der Waals surface area contributed by atoms with E-state index < -0.39 is 0 Å². The van der Waals surface area contributed by atoms with Gasteiger partial charge in [-0.2, -0.15) is 0 Å². The third-order valence-corrected chi connectivity index (χ3v) is 5.90. The highest BCUT2D eigenvalue weighted by atomic mass is 35.5. The number of carbonyl (C=O) groups excluding carboxylic acids is 3. The van der Waals surface area contributed by atoms with Gasteiger partial charge in [0.2, 0.25) is 11.8 Å². The fourth-order valence-electron chi connectivity index (χ4n) is 3.74. The van der Waals surface area contributed by atoms with Crippen LogP contribution < -0.4 is 10.6 Å². The zero-order valence-electron chi connectivity index (χ0n) is 17.2. The Morgan fingerprint density at radius 3 is 2.20 bits per heavy atom. The maximum Gasteiger partial charge on any atom is 0.257 e. The first kappa shape index (κ1) is 21.8. The predicted octanol–water partition coefficient (Wildman–Crippen LogP) is 4.57. The van der Waals surface area contributed by atoms with Gasteiger partial charge < -0.3 is 15.5 Å². The Hall–Kier alpha value is -2.86. The van der Waals surface area contributed by atoms with Crippen molar-refractivity contribution >= 4 is 40.7 Å². The highest BCUT2D eigenvalue weighted by Gasteiger charge is 2.29. The molecule has 0 saturated heterocycles. The van der Waals surface area contributed by atoms with Crippen LogP contribution in [0.2, 0.25) is 5.02 Å². The van der Waals surface area contributed by atoms with E-state index in [4.69, 9.17) is 11.6 Å². The van der Waals surface area contributed by atoms with Gasteiger partial charge in [-0.1, -0.05) is 23.7 Å². The summed E-state index contributed by atoms with van der Waals surface area (Å²) in [5.41, 5.74) is 1.50. The number of rotatable bonds is 5. The highest BCUT2D eigenvalue weighted by Crippen LogP contribution is 2.29. The van der Waals surface area contributed by atoms with Crippen LogP contribution in [0.5, 0.6) is 0 Å². The molecule has 0 bridgehead atoms. The molecule has 30 heavy (non-hydrogen) atoms. The lowest BCUT2D eigenvalue weighted by molar-refractivity contribution is -0.130. The first-order chi connectivity index (χ1) is 14.3. The number of amides is 3. The van der Waals surface area contributed by atoms with Crippen LogP contribution in [0.1, 0.15) is 43.0 Å². The molecule has 3 amide bonds. The van der Waals surface area contributed by atoms with Crippen molar-refractivity contribution in [1.29, 1.82) is 0 Å². The van der Waals surface area contributed by atoms with Crippen molar-refractivity contribution in [2.75, 3.05) is 17.7 Å². The fourth-order valence-corrected chi connectivity index (χ4v) is 3.86. The second-order valence-electron chi connectivity index (χ2n) is 7.63. The van der Waals surface area contributed by atoms with Crippen molar-refractivity contribution in [3.05, 3.63) is 59.1 Å². The van der Waals surface area contributed by atoms with Gasteiger partial charge in [-0.05, 0) is 62.1 Å². The minimum absolute atomic E-state index is 0.0449. The van der Waals surface area contributed by atoms with E-state index in [1.54, 1.807) is 60.4 Å². The van der Waals surface area contributed by atoms with E-state index in [2.05, 4.69) is 10.6 Å². The van der Waals surface area contributed by atoms with Crippen molar-refractivity contribution in [3.8, 4) is 0 Å². The Morgan fingerprint density at radius 2 is 1.57 bits per heavy atom. The molecule has 1 fully saturated rings. The fraction of sp³-hybridized carbons (Fsp3) is 0.348. The summed E-state index contributed by atoms with van der Waals surface area (Å²) < 4.78 is 0. The molecule has 2 aromatic rings. The van der Waals surface area contributed by atoms with E-state index in [0.29, 0.717) is 34.8 Å². The first-order valence-corrected chi connectivity index (χ1v) is 10.4. The zero-order chi connectivity index (χ0) is 21.7. The molecule has 2 N–H and O–H groups in total. The smallest absolute Gasteiger partial charge is 0.257 e. The molecule has 3 rings (SSSR count). The number of benzene rings is 2. The van der Waals surface area contributed by atoms with Crippen molar-refractivity contribution < 1.29 is 14.4 Å². The van der Waals surface area contributed by atoms with Crippen LogP contribution in [0.25, 0.3) is 0 Å². The zero-order valence-corrected chi connectivity index (χ0v) is 17.9. The van der Waals surface area contributed by atoms with Crippen molar-refractivity contribution in [2.45, 2.75) is 38.6 Å². The van der Waals surface area contributed by atoms with Crippen molar-refractivity contribution in [1.82, 2.24) is 4.90 Å². The standard InChI is InChI=1S/C23H26ClN3O3/c1-15(28)27(2)19-13-7-16(8-14-19)22(29)26-21-6-4-3-5-20(21)23(30)25-18-11-9-17(24)10-12-18/h3-6,9-12,16,19H,7-8,13-14H2,1-2H3,(H,25,30)(H,26,29)/t16-,19-. The monoisotopic (exact) mass is 427 g/mol. The minimum Gasteiger partial charge on any atom is -0.343 e. The van der Waals surface area contributed by atoms with E-state index in [9.17, 15) is 14.4 Å². The third-order valence-electron chi connectivity index (χ3n) is 5.64. The molecule has 7 heteroatoms. The topological polar surface area (TPSA) is 78.5 Å². The van der Waals surface area contributed by atoms with Crippen LogP contribution in [-0.4, -0.2) is 35.7 Å². The molecule has 0 radical (unpaired) electrons. The van der Waals surface area contributed by atoms with Crippen LogP contribution in [0.3, 0.4) is 0 Å². The number of nitrogens with one attached hydrogen (secondary N) is 2. The molecule has 1 saturated carbocycles. The third kappa shape index (κ3) is 5.39. The first-order valence-electron chi connectivity index (χ1n) is 10.1. The largest absolute Gasteiger partial charge is 0.343 e. The van der Waals surface area contributed by atoms with Gasteiger partial charge in [0, 0.05) is 36.6 Å². The van der Waals surface area contributed by atoms with Gasteiger partial charge in [-0.15, -0.1) is 0 Å². The van der Waals surface area contributed by atoms with Crippen LogP contribution >= 0.6 is 11.6 Å². The minimum atomic E-state index is -0.306. The molecule has 0 unspecified atom stereocenters. The van der Waals surface area contributed by atoms with Gasteiger partial charge in [0.1, 0.15) is 0 Å². The molecule has 1 aliphatic carbocycles. The summed E-state index contributed by atoms with van der Waals surface area (Å²) >= 11 is 5.88. The summed E-state index contributed by atoms with van der Waals surface area (Å²) in [4.78, 5) is 38.8. The second kappa shape index (κ2) is 9.76. The van der Waals surface area contributed by atoms with Crippen molar-refractivity contribution in [2.24, 2.45) is 5.92 Å². The SMILES string of the molecule is CC(=O)N(C)[C@H]1CC[C@H](C(=O)Nc2ccccc2C(=O)Nc2ccc(Cl)cc2)CC1. The molecule has 0 aromatic heterocycles. The number of anilines is 2. The van der Waals surface area contributed by atoms with Crippen LogP contribution in [0.15, 0.2) is 48.5 Å². The van der Waals surface area contributed by atoms with Gasteiger partial charge in [-0.3, -0.25) is 14.4 Å². The molecule has 0 heterocycles. The lowest BCUT2D eigenvalue weighted by Gasteiger charge is -2.33. The van der Waals surface area contributed by atoms with Crippen LogP contribution in [0.4, 0.5) is 11.4 Å². The Labute approximate surface area is 181 Å². The summed E-state index contributed by atoms with van der Waals surface area (Å²) in [6.45, 7) is 1.56. The Morgan fingerprint density at radius 1 is 0.933 bits per heavy atom. The number of hydrogen-bond donors (Lipinski definition) is 2. The average Bonchev–Trinajstić information content (AvgIpc) is 2.75. The Bertz CT molecular complexity index is 922. The number of nitrogens with zero attached hydrogens (tertiary/aromatic N) is 1. The van der Waals surface area contributed by atoms with E-state index in [-0.39, 0.29) is 29.7 Å². The van der Waals surface area contributed by atoms with Crippen LogP contribution in [0, 0.1) is 5.92 Å². The number of hydrogen-bond acceptors (Lipinski definition) is 3. The summed E-state index contributed by atoms with van der Waals surface area (Å²) in [7, 11) is 1.81. The predicted molar refractivity (Wildman–Crippen MR) is 119 cm³/mol. The van der Waals surface area contributed by atoms with Gasteiger partial charge in [0.15, 0.2) is 0 Å². The number of carbonyl (C=O) groups is 3. The quantitative estimate of drug-likeness (QED) is 0.733. The lowest BCUT2D eigenvalue weighted by atomic mass is 9.84. The molecule has 6 nitrogen and oxygen atoms in total. The van der Waals surface area contributed by atoms with Gasteiger partial charge in [0.25, 0.3) is 5.91 Å². The molecule has 158 valence electrons. The average molecular weight is 428 g/mol. The summed E-state index contributed by atoms with van der Waals surface area (Å²) in [5, 5.41) is 6.33. The maximum absolute atomic E-state index is 12.8. The molecule has 0 aliphatic heterocycles. The molecule has 1 aliphatic rings. The number of halogens is 1. The Balaban J connectivity index is 1.63. The highest BCUT2D eigenvalue weighted by molar-refractivity contribution is 6.30. The van der Waals surface area contributed by atoms with E-state index in [1.807, 2.05) is 7.05 Å². The van der Waals surface area contributed by atoms with E-state index >= 15 is 0 Å². The Kier molecular flexibility index (Phi) is 7.11. The maximum atomic E-state index is 12.8. The van der Waals surface area contributed by atoms with Gasteiger partial charge in [-0.25, -0.2) is 0 Å². The summed E-state index contributed by atoms with van der Waals surface area (Å²) in [5.74, 6) is -0.483. The van der Waals surface area contributed by atoms with Gasteiger partial charge >= 0.3 is 0 Å². The molecular weight excluding hydrogens is 402 g/mol. The second-order valence-corrected chi connectivity index (χ2v) is 8.07. The van der Waals surface area contributed by atoms with E-state index in [1.165, 1.54) is 0 Å². The normalized spacial score (nSPS) is 18.4. The van der Waals surface area contributed by atoms with Crippen molar-refractivity contribution in [3.63, 3.8) is 0 Å². The molecule has 0 spiro atoms. The molecular formula is C23H26ClN3O3.